The van der Waals surface area contributed by atoms with Gasteiger partial charge in [-0.2, -0.15) is 0 Å². The normalized spacial score (nSPS) is 10.8. The van der Waals surface area contributed by atoms with Crippen LogP contribution in [0.1, 0.15) is 21.7 Å². The van der Waals surface area contributed by atoms with Gasteiger partial charge in [-0.3, -0.25) is 9.59 Å². The van der Waals surface area contributed by atoms with Crippen LogP contribution in [0.15, 0.2) is 42.7 Å². The van der Waals surface area contributed by atoms with E-state index in [1.807, 2.05) is 24.3 Å². The number of hydrogen-bond donors (Lipinski definition) is 0. The average Bonchev–Trinajstić information content (AvgIpc) is 2.92. The first-order valence-corrected chi connectivity index (χ1v) is 6.45. The molecule has 0 spiro atoms. The number of benzene rings is 1. The maximum atomic E-state index is 11.9. The Kier molecular flexibility index (Phi) is 4.66. The summed E-state index contributed by atoms with van der Waals surface area (Å²) in [5.41, 5.74) is 1.75. The second-order valence-corrected chi connectivity index (χ2v) is 4.55. The molecule has 108 valence electrons. The molecule has 0 aliphatic rings. The minimum absolute atomic E-state index is 0.152. The van der Waals surface area contributed by atoms with Crippen LogP contribution < -0.4 is 0 Å². The van der Waals surface area contributed by atoms with Crippen molar-refractivity contribution in [2.45, 2.75) is 6.42 Å². The molecule has 2 aromatic rings. The van der Waals surface area contributed by atoms with Crippen molar-refractivity contribution in [1.82, 2.24) is 9.55 Å². The second kappa shape index (κ2) is 6.65. The van der Waals surface area contributed by atoms with Crippen LogP contribution in [-0.4, -0.2) is 28.4 Å². The standard InChI is InChI=1S/C16H16N2O3/c1-18-10-9-17-16(18)14(19)8-7-12-3-5-13(6-4-12)11-15(20)21-2/h3-10H,11H2,1-2H3/b8-7+. The van der Waals surface area contributed by atoms with Gasteiger partial charge in [0.2, 0.25) is 5.78 Å². The number of aromatic nitrogens is 2. The average molecular weight is 284 g/mol. The number of methoxy groups -OCH3 is 1. The molecule has 0 unspecified atom stereocenters. The Hall–Kier alpha value is -2.69. The summed E-state index contributed by atoms with van der Waals surface area (Å²) >= 11 is 0. The molecule has 0 bridgehead atoms. The van der Waals surface area contributed by atoms with E-state index in [4.69, 9.17) is 0 Å². The van der Waals surface area contributed by atoms with E-state index in [-0.39, 0.29) is 18.2 Å². The Balaban J connectivity index is 2.03. The summed E-state index contributed by atoms with van der Waals surface area (Å²) < 4.78 is 6.28. The largest absolute Gasteiger partial charge is 0.469 e. The molecule has 0 N–H and O–H groups in total. The maximum absolute atomic E-state index is 11.9. The number of esters is 1. The molecule has 2 rings (SSSR count). The molecule has 1 aromatic heterocycles. The molecule has 5 heteroatoms. The Bertz CT molecular complexity index is 669. The van der Waals surface area contributed by atoms with E-state index >= 15 is 0 Å². The summed E-state index contributed by atoms with van der Waals surface area (Å²) in [7, 11) is 3.14. The first-order chi connectivity index (χ1) is 10.1. The molecule has 0 saturated carbocycles. The van der Waals surface area contributed by atoms with Crippen LogP contribution in [0.2, 0.25) is 0 Å². The SMILES string of the molecule is COC(=O)Cc1ccc(/C=C/C(=O)c2nccn2C)cc1. The first-order valence-electron chi connectivity index (χ1n) is 6.45. The number of nitrogens with zero attached hydrogens (tertiary/aromatic N) is 2. The summed E-state index contributed by atoms with van der Waals surface area (Å²) in [6.07, 6.45) is 6.76. The predicted molar refractivity (Wildman–Crippen MR) is 78.7 cm³/mol. The fourth-order valence-electron chi connectivity index (χ4n) is 1.83. The molecule has 0 fully saturated rings. The molecule has 21 heavy (non-hydrogen) atoms. The minimum atomic E-state index is -0.275. The number of allylic oxidation sites excluding steroid dienone is 1. The number of rotatable bonds is 5. The number of imidazole rings is 1. The van der Waals surface area contributed by atoms with Crippen LogP contribution in [0.25, 0.3) is 6.08 Å². The van der Waals surface area contributed by atoms with Gasteiger partial charge in [0, 0.05) is 19.4 Å². The smallest absolute Gasteiger partial charge is 0.309 e. The van der Waals surface area contributed by atoms with Gasteiger partial charge in [-0.1, -0.05) is 30.3 Å². The molecule has 0 amide bonds. The van der Waals surface area contributed by atoms with E-state index in [2.05, 4.69) is 9.72 Å². The van der Waals surface area contributed by atoms with E-state index < -0.39 is 0 Å². The quantitative estimate of drug-likeness (QED) is 0.479. The van der Waals surface area contributed by atoms with Crippen LogP contribution in [0.4, 0.5) is 0 Å². The van der Waals surface area contributed by atoms with Gasteiger partial charge in [0.05, 0.1) is 13.5 Å². The lowest BCUT2D eigenvalue weighted by Crippen LogP contribution is -2.04. The van der Waals surface area contributed by atoms with Crippen LogP contribution in [0, 0.1) is 0 Å². The number of ketones is 1. The topological polar surface area (TPSA) is 61.2 Å². The highest BCUT2D eigenvalue weighted by Crippen LogP contribution is 2.08. The zero-order valence-corrected chi connectivity index (χ0v) is 11.9. The molecule has 0 aliphatic carbocycles. The minimum Gasteiger partial charge on any atom is -0.469 e. The second-order valence-electron chi connectivity index (χ2n) is 4.55. The number of ether oxygens (including phenoxy) is 1. The monoisotopic (exact) mass is 284 g/mol. The van der Waals surface area contributed by atoms with E-state index in [1.165, 1.54) is 13.2 Å². The van der Waals surface area contributed by atoms with Crippen molar-refractivity contribution in [2.75, 3.05) is 7.11 Å². The summed E-state index contributed by atoms with van der Waals surface area (Å²) in [5, 5.41) is 0. The van der Waals surface area contributed by atoms with Gasteiger partial charge in [0.25, 0.3) is 0 Å². The molecule has 0 radical (unpaired) electrons. The summed E-state index contributed by atoms with van der Waals surface area (Å²) in [6.45, 7) is 0. The van der Waals surface area contributed by atoms with Gasteiger partial charge in [-0.15, -0.1) is 0 Å². The number of aryl methyl sites for hydroxylation is 1. The van der Waals surface area contributed by atoms with Crippen LogP contribution in [0.5, 0.6) is 0 Å². The maximum Gasteiger partial charge on any atom is 0.309 e. The van der Waals surface area contributed by atoms with Gasteiger partial charge in [-0.05, 0) is 17.2 Å². The Labute approximate surface area is 122 Å². The summed E-state index contributed by atoms with van der Waals surface area (Å²) in [5.74, 6) is -0.0297. The molecule has 5 nitrogen and oxygen atoms in total. The van der Waals surface area contributed by atoms with Crippen molar-refractivity contribution in [1.29, 1.82) is 0 Å². The first kappa shape index (κ1) is 14.7. The number of carbonyl (C=O) groups excluding carboxylic acids is 2. The van der Waals surface area contributed by atoms with Crippen molar-refractivity contribution in [3.05, 3.63) is 59.7 Å². The molecule has 0 aliphatic heterocycles. The van der Waals surface area contributed by atoms with Gasteiger partial charge in [0.1, 0.15) is 0 Å². The summed E-state index contributed by atoms with van der Waals surface area (Å²) in [6, 6.07) is 7.37. The van der Waals surface area contributed by atoms with Crippen molar-refractivity contribution in [2.24, 2.45) is 7.05 Å². The van der Waals surface area contributed by atoms with E-state index in [0.29, 0.717) is 5.82 Å². The van der Waals surface area contributed by atoms with Crippen LogP contribution in [0.3, 0.4) is 0 Å². The molecule has 1 heterocycles. The van der Waals surface area contributed by atoms with Crippen LogP contribution in [-0.2, 0) is 23.0 Å². The zero-order chi connectivity index (χ0) is 15.2. The lowest BCUT2D eigenvalue weighted by Gasteiger charge is -2.00. The highest BCUT2D eigenvalue weighted by molar-refractivity contribution is 6.04. The van der Waals surface area contributed by atoms with E-state index in [1.54, 1.807) is 30.1 Å². The van der Waals surface area contributed by atoms with Gasteiger partial charge in [0.15, 0.2) is 5.82 Å². The van der Waals surface area contributed by atoms with Crippen molar-refractivity contribution in [3.8, 4) is 0 Å². The Morgan fingerprint density at radius 1 is 1.29 bits per heavy atom. The van der Waals surface area contributed by atoms with Crippen molar-refractivity contribution in [3.63, 3.8) is 0 Å². The summed E-state index contributed by atoms with van der Waals surface area (Å²) in [4.78, 5) is 27.1. The highest BCUT2D eigenvalue weighted by atomic mass is 16.5. The molecule has 0 saturated heterocycles. The van der Waals surface area contributed by atoms with Crippen LogP contribution >= 0.6 is 0 Å². The third-order valence-corrected chi connectivity index (χ3v) is 3.02. The molecule has 1 aromatic carbocycles. The van der Waals surface area contributed by atoms with Crippen molar-refractivity contribution >= 4 is 17.8 Å². The van der Waals surface area contributed by atoms with Crippen molar-refractivity contribution < 1.29 is 14.3 Å². The Morgan fingerprint density at radius 2 is 2.00 bits per heavy atom. The third-order valence-electron chi connectivity index (χ3n) is 3.02. The molecular weight excluding hydrogens is 268 g/mol. The highest BCUT2D eigenvalue weighted by Gasteiger charge is 2.06. The van der Waals surface area contributed by atoms with Gasteiger partial charge >= 0.3 is 5.97 Å². The predicted octanol–water partition coefficient (Wildman–Crippen LogP) is 2.03. The Morgan fingerprint density at radius 3 is 2.57 bits per heavy atom. The lowest BCUT2D eigenvalue weighted by molar-refractivity contribution is -0.139. The van der Waals surface area contributed by atoms with E-state index in [0.717, 1.165) is 11.1 Å². The zero-order valence-electron chi connectivity index (χ0n) is 11.9. The third kappa shape index (κ3) is 3.89. The van der Waals surface area contributed by atoms with Gasteiger partial charge < -0.3 is 9.30 Å². The van der Waals surface area contributed by atoms with E-state index in [9.17, 15) is 9.59 Å². The fraction of sp³-hybridized carbons (Fsp3) is 0.188. The van der Waals surface area contributed by atoms with Gasteiger partial charge in [-0.25, -0.2) is 4.98 Å². The number of hydrogen-bond acceptors (Lipinski definition) is 4. The number of carbonyl (C=O) groups is 2. The fourth-order valence-corrected chi connectivity index (χ4v) is 1.83. The molecular formula is C16H16N2O3. The lowest BCUT2D eigenvalue weighted by atomic mass is 10.1. The molecule has 0 atom stereocenters.